The molecule has 0 saturated heterocycles. The fourth-order valence-corrected chi connectivity index (χ4v) is 4.25. The second-order valence-corrected chi connectivity index (χ2v) is 7.83. The van der Waals surface area contributed by atoms with E-state index in [0.717, 1.165) is 11.1 Å². The van der Waals surface area contributed by atoms with Crippen LogP contribution in [0.2, 0.25) is 0 Å². The summed E-state index contributed by atoms with van der Waals surface area (Å²) >= 11 is 1.42. The van der Waals surface area contributed by atoms with Crippen molar-refractivity contribution in [2.24, 2.45) is 5.92 Å². The average Bonchev–Trinajstić information content (AvgIpc) is 3.32. The van der Waals surface area contributed by atoms with Gasteiger partial charge >= 0.3 is 0 Å². The number of halogens is 1. The fourth-order valence-electron chi connectivity index (χ4n) is 3.31. The first-order valence-electron chi connectivity index (χ1n) is 9.06. The van der Waals surface area contributed by atoms with Crippen molar-refractivity contribution in [2.45, 2.75) is 26.4 Å². The lowest BCUT2D eigenvalue weighted by Gasteiger charge is -2.22. The first kappa shape index (κ1) is 18.6. The van der Waals surface area contributed by atoms with Crippen LogP contribution >= 0.6 is 11.3 Å². The summed E-state index contributed by atoms with van der Waals surface area (Å²) in [6.45, 7) is 4.59. The van der Waals surface area contributed by atoms with E-state index in [2.05, 4.69) is 29.1 Å². The Labute approximate surface area is 165 Å². The third-order valence-electron chi connectivity index (χ3n) is 4.66. The summed E-state index contributed by atoms with van der Waals surface area (Å²) in [5, 5.41) is 5.86. The molecule has 0 amide bonds. The summed E-state index contributed by atoms with van der Waals surface area (Å²) in [4.78, 5) is 20.8. The zero-order valence-corrected chi connectivity index (χ0v) is 16.3. The van der Waals surface area contributed by atoms with Gasteiger partial charge < -0.3 is 14.7 Å². The van der Waals surface area contributed by atoms with Gasteiger partial charge in [0.2, 0.25) is 0 Å². The second kappa shape index (κ2) is 7.69. The molecule has 0 aliphatic heterocycles. The predicted molar refractivity (Wildman–Crippen MR) is 109 cm³/mol. The van der Waals surface area contributed by atoms with E-state index in [4.69, 9.17) is 4.42 Å². The number of hydrogen-bond acceptors (Lipinski definition) is 5. The monoisotopic (exact) mass is 397 g/mol. The van der Waals surface area contributed by atoms with Crippen LogP contribution in [0.3, 0.4) is 0 Å². The van der Waals surface area contributed by atoms with Gasteiger partial charge in [0.1, 0.15) is 22.2 Å². The van der Waals surface area contributed by atoms with Crippen LogP contribution in [0.4, 0.5) is 4.39 Å². The van der Waals surface area contributed by atoms with Crippen molar-refractivity contribution in [1.29, 1.82) is 0 Å². The van der Waals surface area contributed by atoms with Crippen molar-refractivity contribution in [1.82, 2.24) is 15.3 Å². The summed E-state index contributed by atoms with van der Waals surface area (Å²) in [7, 11) is 0. The SMILES string of the molecule is CC(C)[C@H](NCc1nc2scc(-c3ccco3)c2c(=O)[nH]1)c1ccc(F)cc1. The van der Waals surface area contributed by atoms with Crippen molar-refractivity contribution in [3.8, 4) is 11.3 Å². The third kappa shape index (κ3) is 3.63. The van der Waals surface area contributed by atoms with Crippen molar-refractivity contribution >= 4 is 21.6 Å². The van der Waals surface area contributed by atoms with E-state index in [-0.39, 0.29) is 23.3 Å². The number of H-pyrrole nitrogens is 1. The summed E-state index contributed by atoms with van der Waals surface area (Å²) in [6.07, 6.45) is 1.58. The molecule has 0 spiro atoms. The minimum absolute atomic E-state index is 0.0172. The lowest BCUT2D eigenvalue weighted by atomic mass is 9.96. The van der Waals surface area contributed by atoms with E-state index in [1.54, 1.807) is 24.5 Å². The van der Waals surface area contributed by atoms with Gasteiger partial charge in [-0.15, -0.1) is 11.3 Å². The molecule has 5 nitrogen and oxygen atoms in total. The Morgan fingerprint density at radius 3 is 2.71 bits per heavy atom. The van der Waals surface area contributed by atoms with E-state index < -0.39 is 0 Å². The summed E-state index contributed by atoms with van der Waals surface area (Å²) in [6, 6.07) is 10.1. The number of nitrogens with one attached hydrogen (secondary N) is 2. The molecule has 0 aliphatic carbocycles. The van der Waals surface area contributed by atoms with Crippen molar-refractivity contribution < 1.29 is 8.81 Å². The molecule has 1 atom stereocenters. The molecule has 2 N–H and O–H groups in total. The Morgan fingerprint density at radius 2 is 2.04 bits per heavy atom. The standard InChI is InChI=1S/C21H20FN3O2S/c1-12(2)19(13-5-7-14(22)8-6-13)23-10-17-24-20(26)18-15(11-28-21(18)25-17)16-4-3-9-27-16/h3-9,11-12,19,23H,10H2,1-2H3,(H,24,25,26)/t19-/m0/s1. The number of fused-ring (bicyclic) bond motifs is 1. The number of furan rings is 1. The second-order valence-electron chi connectivity index (χ2n) is 6.97. The van der Waals surface area contributed by atoms with E-state index >= 15 is 0 Å². The molecule has 7 heteroatoms. The van der Waals surface area contributed by atoms with Crippen molar-refractivity contribution in [3.05, 3.63) is 75.6 Å². The van der Waals surface area contributed by atoms with Crippen LogP contribution < -0.4 is 10.9 Å². The molecule has 28 heavy (non-hydrogen) atoms. The molecule has 4 rings (SSSR count). The molecule has 3 aromatic heterocycles. The van der Waals surface area contributed by atoms with E-state index in [1.165, 1.54) is 23.5 Å². The Bertz CT molecular complexity index is 1130. The van der Waals surface area contributed by atoms with Crippen LogP contribution in [0.1, 0.15) is 31.3 Å². The number of hydrogen-bond donors (Lipinski definition) is 2. The number of aromatic nitrogens is 2. The molecule has 0 radical (unpaired) electrons. The maximum Gasteiger partial charge on any atom is 0.260 e. The zero-order valence-electron chi connectivity index (χ0n) is 15.5. The zero-order chi connectivity index (χ0) is 19.7. The molecule has 0 unspecified atom stereocenters. The minimum Gasteiger partial charge on any atom is -0.464 e. The first-order valence-corrected chi connectivity index (χ1v) is 9.94. The maximum absolute atomic E-state index is 13.2. The smallest absolute Gasteiger partial charge is 0.260 e. The topological polar surface area (TPSA) is 70.9 Å². The molecule has 1 aromatic carbocycles. The van der Waals surface area contributed by atoms with Gasteiger partial charge in [-0.1, -0.05) is 26.0 Å². The lowest BCUT2D eigenvalue weighted by molar-refractivity contribution is 0.405. The van der Waals surface area contributed by atoms with Gasteiger partial charge in [0.05, 0.1) is 18.2 Å². The molecular weight excluding hydrogens is 377 g/mol. The van der Waals surface area contributed by atoms with Crippen LogP contribution in [0.5, 0.6) is 0 Å². The molecule has 0 aliphatic rings. The van der Waals surface area contributed by atoms with Gasteiger partial charge in [-0.3, -0.25) is 4.79 Å². The van der Waals surface area contributed by atoms with Gasteiger partial charge in [-0.25, -0.2) is 9.37 Å². The molecular formula is C21H20FN3O2S. The van der Waals surface area contributed by atoms with Crippen LogP contribution in [0.25, 0.3) is 21.5 Å². The molecule has 0 saturated carbocycles. The number of thiophene rings is 1. The third-order valence-corrected chi connectivity index (χ3v) is 5.54. The summed E-state index contributed by atoms with van der Waals surface area (Å²) in [5.41, 5.74) is 1.57. The lowest BCUT2D eigenvalue weighted by Crippen LogP contribution is -2.27. The Hall–Kier alpha value is -2.77. The number of aromatic amines is 1. The van der Waals surface area contributed by atoms with Crippen LogP contribution in [-0.4, -0.2) is 9.97 Å². The average molecular weight is 397 g/mol. The Morgan fingerprint density at radius 1 is 1.25 bits per heavy atom. The Kier molecular flexibility index (Phi) is 5.11. The maximum atomic E-state index is 13.2. The van der Waals surface area contributed by atoms with Crippen LogP contribution in [0, 0.1) is 11.7 Å². The highest BCUT2D eigenvalue weighted by molar-refractivity contribution is 7.17. The number of rotatable bonds is 6. The van der Waals surface area contributed by atoms with Crippen molar-refractivity contribution in [2.75, 3.05) is 0 Å². The first-order chi connectivity index (χ1) is 13.5. The minimum atomic E-state index is -0.257. The quantitative estimate of drug-likeness (QED) is 0.487. The number of benzene rings is 1. The highest BCUT2D eigenvalue weighted by Gasteiger charge is 2.18. The Balaban J connectivity index is 1.59. The van der Waals surface area contributed by atoms with Crippen LogP contribution in [0.15, 0.2) is 57.3 Å². The molecule has 0 fully saturated rings. The fraction of sp³-hybridized carbons (Fsp3) is 0.238. The predicted octanol–water partition coefficient (Wildman–Crippen LogP) is 4.87. The normalized spacial score (nSPS) is 12.7. The molecule has 3 heterocycles. The van der Waals surface area contributed by atoms with Gasteiger partial charge in [-0.05, 0) is 35.7 Å². The largest absolute Gasteiger partial charge is 0.464 e. The molecule has 144 valence electrons. The van der Waals surface area contributed by atoms with Gasteiger partial charge in [-0.2, -0.15) is 0 Å². The van der Waals surface area contributed by atoms with E-state index in [0.29, 0.717) is 28.3 Å². The highest BCUT2D eigenvalue weighted by Crippen LogP contribution is 2.31. The van der Waals surface area contributed by atoms with Crippen molar-refractivity contribution in [3.63, 3.8) is 0 Å². The van der Waals surface area contributed by atoms with Gasteiger partial charge in [0.25, 0.3) is 5.56 Å². The molecule has 0 bridgehead atoms. The van der Waals surface area contributed by atoms with Crippen LogP contribution in [-0.2, 0) is 6.54 Å². The number of nitrogens with zero attached hydrogens (tertiary/aromatic N) is 1. The van der Waals surface area contributed by atoms with Gasteiger partial charge in [0.15, 0.2) is 0 Å². The highest BCUT2D eigenvalue weighted by atomic mass is 32.1. The summed E-state index contributed by atoms with van der Waals surface area (Å²) < 4.78 is 18.6. The van der Waals surface area contributed by atoms with E-state index in [9.17, 15) is 9.18 Å². The van der Waals surface area contributed by atoms with Gasteiger partial charge in [0, 0.05) is 17.0 Å². The summed E-state index contributed by atoms with van der Waals surface area (Å²) in [5.74, 6) is 1.25. The molecule has 4 aromatic rings. The van der Waals surface area contributed by atoms with E-state index in [1.807, 2.05) is 11.4 Å².